The molecule has 0 fully saturated rings. The van der Waals surface area contributed by atoms with Crippen molar-refractivity contribution in [2.24, 2.45) is 5.73 Å². The van der Waals surface area contributed by atoms with Gasteiger partial charge in [0.1, 0.15) is 16.8 Å². The maximum absolute atomic E-state index is 9.01. The molecule has 22 heavy (non-hydrogen) atoms. The standard InChI is InChI=1S/C15H16N6S/c1-15(2,3)10-6-4-9(5-7-10)13-18-19-14-21(13)20-12(17)11(8-16)22-14/h4-7,20H,17H2,1-3H3. The molecule has 3 rings (SSSR count). The van der Waals surface area contributed by atoms with Crippen molar-refractivity contribution >= 4 is 11.8 Å². The molecule has 1 aliphatic rings. The van der Waals surface area contributed by atoms with E-state index in [2.05, 4.69) is 48.5 Å². The number of nitrogens with one attached hydrogen (secondary N) is 1. The molecule has 6 nitrogen and oxygen atoms in total. The molecule has 0 atom stereocenters. The second-order valence-corrected chi connectivity index (χ2v) is 7.01. The summed E-state index contributed by atoms with van der Waals surface area (Å²) in [4.78, 5) is 0.398. The Labute approximate surface area is 133 Å². The van der Waals surface area contributed by atoms with Gasteiger partial charge < -0.3 is 5.73 Å². The average molecular weight is 312 g/mol. The van der Waals surface area contributed by atoms with E-state index in [1.54, 1.807) is 4.68 Å². The summed E-state index contributed by atoms with van der Waals surface area (Å²) in [5, 5.41) is 17.9. The molecular formula is C15H16N6S. The molecule has 0 saturated carbocycles. The fourth-order valence-corrected chi connectivity index (χ4v) is 2.83. The van der Waals surface area contributed by atoms with Gasteiger partial charge in [-0.15, -0.1) is 10.2 Å². The van der Waals surface area contributed by atoms with E-state index < -0.39 is 0 Å². The first-order chi connectivity index (χ1) is 10.4. The van der Waals surface area contributed by atoms with Gasteiger partial charge in [-0.2, -0.15) is 5.26 Å². The number of benzene rings is 1. The van der Waals surface area contributed by atoms with Crippen molar-refractivity contribution in [2.75, 3.05) is 5.43 Å². The van der Waals surface area contributed by atoms with Gasteiger partial charge in [-0.25, -0.2) is 4.68 Å². The Bertz CT molecular complexity index is 789. The van der Waals surface area contributed by atoms with E-state index in [9.17, 15) is 0 Å². The summed E-state index contributed by atoms with van der Waals surface area (Å²) in [6.07, 6.45) is 0. The molecule has 112 valence electrons. The molecule has 0 saturated heterocycles. The van der Waals surface area contributed by atoms with Gasteiger partial charge >= 0.3 is 0 Å². The molecule has 0 unspecified atom stereocenters. The number of thioether (sulfide) groups is 1. The predicted molar refractivity (Wildman–Crippen MR) is 86.2 cm³/mol. The van der Waals surface area contributed by atoms with Crippen LogP contribution in [0.3, 0.4) is 0 Å². The van der Waals surface area contributed by atoms with E-state index in [0.29, 0.717) is 21.7 Å². The van der Waals surface area contributed by atoms with Crippen molar-refractivity contribution in [1.82, 2.24) is 14.9 Å². The molecule has 7 heteroatoms. The largest absolute Gasteiger partial charge is 0.383 e. The van der Waals surface area contributed by atoms with E-state index in [0.717, 1.165) is 5.56 Å². The van der Waals surface area contributed by atoms with Crippen LogP contribution in [0.2, 0.25) is 0 Å². The summed E-state index contributed by atoms with van der Waals surface area (Å²) in [7, 11) is 0. The van der Waals surface area contributed by atoms with Gasteiger partial charge in [-0.1, -0.05) is 45.0 Å². The number of fused-ring (bicyclic) bond motifs is 1. The number of allylic oxidation sites excluding steroid dienone is 1. The monoisotopic (exact) mass is 312 g/mol. The summed E-state index contributed by atoms with van der Waals surface area (Å²) in [5.41, 5.74) is 11.1. The number of rotatable bonds is 1. The van der Waals surface area contributed by atoms with Crippen LogP contribution in [-0.2, 0) is 5.41 Å². The Morgan fingerprint density at radius 3 is 2.50 bits per heavy atom. The Balaban J connectivity index is 1.97. The smallest absolute Gasteiger partial charge is 0.216 e. The molecule has 0 spiro atoms. The van der Waals surface area contributed by atoms with Crippen molar-refractivity contribution in [2.45, 2.75) is 31.3 Å². The van der Waals surface area contributed by atoms with Crippen molar-refractivity contribution in [1.29, 1.82) is 5.26 Å². The molecule has 1 aromatic heterocycles. The highest BCUT2D eigenvalue weighted by Gasteiger charge is 2.23. The average Bonchev–Trinajstić information content (AvgIpc) is 2.88. The molecule has 0 radical (unpaired) electrons. The number of nitrogens with two attached hydrogens (primary N) is 1. The molecule has 3 N–H and O–H groups in total. The highest BCUT2D eigenvalue weighted by molar-refractivity contribution is 8.03. The van der Waals surface area contributed by atoms with Gasteiger partial charge in [-0.3, -0.25) is 5.43 Å². The molecule has 1 aromatic carbocycles. The first-order valence-corrected chi connectivity index (χ1v) is 7.63. The van der Waals surface area contributed by atoms with Crippen LogP contribution in [-0.4, -0.2) is 14.9 Å². The molecule has 0 bridgehead atoms. The van der Waals surface area contributed by atoms with Crippen LogP contribution in [0.25, 0.3) is 11.4 Å². The normalized spacial score (nSPS) is 14.3. The van der Waals surface area contributed by atoms with Crippen molar-refractivity contribution < 1.29 is 0 Å². The van der Waals surface area contributed by atoms with Gasteiger partial charge in [0.25, 0.3) is 0 Å². The lowest BCUT2D eigenvalue weighted by Gasteiger charge is -2.20. The third-order valence-corrected chi connectivity index (χ3v) is 4.38. The van der Waals surface area contributed by atoms with Gasteiger partial charge in [0.2, 0.25) is 5.16 Å². The summed E-state index contributed by atoms with van der Waals surface area (Å²) in [6, 6.07) is 10.3. The maximum atomic E-state index is 9.01. The maximum Gasteiger partial charge on any atom is 0.216 e. The Morgan fingerprint density at radius 2 is 1.91 bits per heavy atom. The summed E-state index contributed by atoms with van der Waals surface area (Å²) < 4.78 is 1.70. The summed E-state index contributed by atoms with van der Waals surface area (Å²) in [6.45, 7) is 6.52. The topological polar surface area (TPSA) is 92.6 Å². The first-order valence-electron chi connectivity index (χ1n) is 6.81. The van der Waals surface area contributed by atoms with E-state index in [1.807, 2.05) is 18.2 Å². The minimum atomic E-state index is 0.103. The fourth-order valence-electron chi connectivity index (χ4n) is 2.14. The van der Waals surface area contributed by atoms with Crippen LogP contribution >= 0.6 is 11.8 Å². The van der Waals surface area contributed by atoms with Gasteiger partial charge in [0, 0.05) is 5.56 Å². The van der Waals surface area contributed by atoms with E-state index >= 15 is 0 Å². The number of aromatic nitrogens is 3. The number of hydrogen-bond acceptors (Lipinski definition) is 6. The van der Waals surface area contributed by atoms with Crippen LogP contribution in [0.1, 0.15) is 26.3 Å². The highest BCUT2D eigenvalue weighted by Crippen LogP contribution is 2.32. The van der Waals surface area contributed by atoms with Gasteiger partial charge in [0.05, 0.1) is 0 Å². The quantitative estimate of drug-likeness (QED) is 0.840. The van der Waals surface area contributed by atoms with Crippen molar-refractivity contribution in [3.63, 3.8) is 0 Å². The predicted octanol–water partition coefficient (Wildman–Crippen LogP) is 2.54. The second-order valence-electron chi connectivity index (χ2n) is 6.04. The van der Waals surface area contributed by atoms with Crippen LogP contribution in [0.4, 0.5) is 0 Å². The third kappa shape index (κ3) is 2.42. The fraction of sp³-hybridized carbons (Fsp3) is 0.267. The minimum absolute atomic E-state index is 0.103. The van der Waals surface area contributed by atoms with Crippen LogP contribution in [0.5, 0.6) is 0 Å². The Kier molecular flexibility index (Phi) is 3.34. The zero-order valence-electron chi connectivity index (χ0n) is 12.6. The number of hydrogen-bond donors (Lipinski definition) is 2. The lowest BCUT2D eigenvalue weighted by Crippen LogP contribution is -2.25. The molecule has 2 heterocycles. The van der Waals surface area contributed by atoms with Gasteiger partial charge in [-0.05, 0) is 22.7 Å². The molecular weight excluding hydrogens is 296 g/mol. The van der Waals surface area contributed by atoms with E-state index in [-0.39, 0.29) is 5.41 Å². The summed E-state index contributed by atoms with van der Waals surface area (Å²) in [5.74, 6) is 0.982. The lowest BCUT2D eigenvalue weighted by molar-refractivity contribution is 0.590. The van der Waals surface area contributed by atoms with Crippen LogP contribution < -0.4 is 11.2 Å². The molecule has 1 aliphatic heterocycles. The Morgan fingerprint density at radius 1 is 1.23 bits per heavy atom. The molecule has 0 aliphatic carbocycles. The summed E-state index contributed by atoms with van der Waals surface area (Å²) >= 11 is 1.21. The number of nitriles is 1. The zero-order valence-corrected chi connectivity index (χ0v) is 13.4. The Hall–Kier alpha value is -2.46. The van der Waals surface area contributed by atoms with Crippen LogP contribution in [0.15, 0.2) is 40.1 Å². The third-order valence-electron chi connectivity index (χ3n) is 3.41. The van der Waals surface area contributed by atoms with Gasteiger partial charge in [0.15, 0.2) is 5.82 Å². The van der Waals surface area contributed by atoms with Crippen molar-refractivity contribution in [3.8, 4) is 17.5 Å². The van der Waals surface area contributed by atoms with Crippen molar-refractivity contribution in [3.05, 3.63) is 40.6 Å². The minimum Gasteiger partial charge on any atom is -0.383 e. The second kappa shape index (κ2) is 5.07. The zero-order chi connectivity index (χ0) is 15.9. The highest BCUT2D eigenvalue weighted by atomic mass is 32.2. The first kappa shape index (κ1) is 14.5. The SMILES string of the molecule is CC(C)(C)c1ccc(-c2nnc3n2NC(N)=C(C#N)S3)cc1. The number of nitrogens with zero attached hydrogens (tertiary/aromatic N) is 4. The molecule has 2 aromatic rings. The van der Waals surface area contributed by atoms with E-state index in [4.69, 9.17) is 11.0 Å². The van der Waals surface area contributed by atoms with E-state index in [1.165, 1.54) is 17.3 Å². The van der Waals surface area contributed by atoms with Crippen LogP contribution in [0, 0.1) is 11.3 Å². The lowest BCUT2D eigenvalue weighted by atomic mass is 9.87. The molecule has 0 amide bonds.